The molecule has 0 atom stereocenters. The minimum atomic E-state index is -4.63. The molecule has 0 bridgehead atoms. The molecule has 1 aliphatic rings. The Bertz CT molecular complexity index is 876. The van der Waals surface area contributed by atoms with Crippen molar-refractivity contribution in [3.05, 3.63) is 65.5 Å². The summed E-state index contributed by atoms with van der Waals surface area (Å²) in [5.74, 6) is -1.93. The van der Waals surface area contributed by atoms with Gasteiger partial charge < -0.3 is 10.6 Å². The maximum absolute atomic E-state index is 13.6. The molecule has 27 heavy (non-hydrogen) atoms. The molecule has 2 aromatic carbocycles. The Labute approximate surface area is 152 Å². The van der Waals surface area contributed by atoms with Crippen LogP contribution in [-0.4, -0.2) is 11.8 Å². The van der Waals surface area contributed by atoms with Crippen LogP contribution >= 0.6 is 0 Å². The van der Waals surface area contributed by atoms with Gasteiger partial charge >= 0.3 is 6.18 Å². The maximum atomic E-state index is 13.6. The average Bonchev–Trinajstić information content (AvgIpc) is 3.42. The lowest BCUT2D eigenvalue weighted by Gasteiger charge is -2.18. The number of alkyl halides is 3. The molecule has 4 nitrogen and oxygen atoms in total. The predicted molar refractivity (Wildman–Crippen MR) is 90.0 cm³/mol. The first-order valence-electron chi connectivity index (χ1n) is 8.23. The molecule has 3 rings (SSSR count). The van der Waals surface area contributed by atoms with Crippen LogP contribution in [0, 0.1) is 11.2 Å². The number of anilines is 1. The Balaban J connectivity index is 1.70. The number of hydrogen-bond acceptors (Lipinski definition) is 2. The minimum absolute atomic E-state index is 0.111. The van der Waals surface area contributed by atoms with Gasteiger partial charge in [-0.15, -0.1) is 0 Å². The second-order valence-electron chi connectivity index (χ2n) is 6.35. The van der Waals surface area contributed by atoms with Gasteiger partial charge in [0.2, 0.25) is 11.8 Å². The third-order valence-corrected chi connectivity index (χ3v) is 4.50. The van der Waals surface area contributed by atoms with Crippen LogP contribution in [0.1, 0.15) is 24.0 Å². The summed E-state index contributed by atoms with van der Waals surface area (Å²) in [6, 6.07) is 10.4. The van der Waals surface area contributed by atoms with E-state index in [4.69, 9.17) is 0 Å². The molecule has 0 heterocycles. The molecule has 1 aliphatic carbocycles. The summed E-state index contributed by atoms with van der Waals surface area (Å²) in [7, 11) is 0. The molecule has 0 aromatic heterocycles. The third kappa shape index (κ3) is 3.94. The zero-order chi connectivity index (χ0) is 19.7. The quantitative estimate of drug-likeness (QED) is 0.611. The number of rotatable bonds is 5. The van der Waals surface area contributed by atoms with Gasteiger partial charge in [-0.25, -0.2) is 4.39 Å². The van der Waals surface area contributed by atoms with Crippen molar-refractivity contribution in [3.8, 4) is 0 Å². The topological polar surface area (TPSA) is 58.2 Å². The highest BCUT2D eigenvalue weighted by Gasteiger charge is 2.56. The molecule has 0 aliphatic heterocycles. The van der Waals surface area contributed by atoms with Gasteiger partial charge in [-0.2, -0.15) is 13.2 Å². The van der Waals surface area contributed by atoms with Crippen molar-refractivity contribution in [2.24, 2.45) is 5.41 Å². The number of hydrogen-bond donors (Lipinski definition) is 2. The summed E-state index contributed by atoms with van der Waals surface area (Å²) in [5, 5.41) is 4.71. The van der Waals surface area contributed by atoms with Gasteiger partial charge in [-0.1, -0.05) is 30.3 Å². The Morgan fingerprint density at radius 3 is 2.22 bits per heavy atom. The highest BCUT2D eigenvalue weighted by molar-refractivity contribution is 6.13. The molecule has 2 aromatic rings. The first-order valence-corrected chi connectivity index (χ1v) is 8.23. The van der Waals surface area contributed by atoms with E-state index in [0.717, 1.165) is 12.1 Å². The molecule has 0 saturated heterocycles. The molecule has 8 heteroatoms. The minimum Gasteiger partial charge on any atom is -0.351 e. The number of benzene rings is 2. The van der Waals surface area contributed by atoms with E-state index in [1.54, 1.807) is 6.07 Å². The van der Waals surface area contributed by atoms with Crippen molar-refractivity contribution in [1.82, 2.24) is 5.32 Å². The van der Waals surface area contributed by atoms with Crippen LogP contribution < -0.4 is 10.6 Å². The second-order valence-corrected chi connectivity index (χ2v) is 6.35. The summed E-state index contributed by atoms with van der Waals surface area (Å²) < 4.78 is 52.8. The number of carbonyl (C=O) groups is 2. The van der Waals surface area contributed by atoms with Gasteiger partial charge in [0.1, 0.15) is 11.2 Å². The van der Waals surface area contributed by atoms with Gasteiger partial charge in [0.25, 0.3) is 0 Å². The van der Waals surface area contributed by atoms with Crippen LogP contribution in [0.2, 0.25) is 0 Å². The Morgan fingerprint density at radius 1 is 0.963 bits per heavy atom. The summed E-state index contributed by atoms with van der Waals surface area (Å²) in [4.78, 5) is 24.9. The van der Waals surface area contributed by atoms with Crippen LogP contribution in [-0.2, 0) is 22.3 Å². The summed E-state index contributed by atoms with van der Waals surface area (Å²) in [6.07, 6.45) is -4.19. The summed E-state index contributed by atoms with van der Waals surface area (Å²) in [6.45, 7) is -0.111. The van der Waals surface area contributed by atoms with E-state index in [2.05, 4.69) is 10.6 Å². The first kappa shape index (κ1) is 18.9. The fourth-order valence-corrected chi connectivity index (χ4v) is 2.75. The number of nitrogens with one attached hydrogen (secondary N) is 2. The van der Waals surface area contributed by atoms with E-state index in [1.807, 2.05) is 0 Å². The average molecular weight is 380 g/mol. The van der Waals surface area contributed by atoms with E-state index in [-0.39, 0.29) is 24.9 Å². The zero-order valence-electron chi connectivity index (χ0n) is 14.1. The number of carbonyl (C=O) groups excluding carboxylic acids is 2. The van der Waals surface area contributed by atoms with Gasteiger partial charge in [-0.05, 0) is 31.0 Å². The smallest absolute Gasteiger partial charge is 0.351 e. The molecule has 1 saturated carbocycles. The van der Waals surface area contributed by atoms with Crippen molar-refractivity contribution in [3.63, 3.8) is 0 Å². The Hall–Kier alpha value is -2.90. The van der Waals surface area contributed by atoms with Crippen LogP contribution in [0.3, 0.4) is 0 Å². The summed E-state index contributed by atoms with van der Waals surface area (Å²) in [5.41, 5.74) is -2.56. The molecular weight excluding hydrogens is 364 g/mol. The lowest BCUT2D eigenvalue weighted by molar-refractivity contribution is -0.137. The van der Waals surface area contributed by atoms with Crippen molar-refractivity contribution in [2.75, 3.05) is 5.32 Å². The fourth-order valence-electron chi connectivity index (χ4n) is 2.75. The van der Waals surface area contributed by atoms with E-state index < -0.39 is 40.5 Å². The van der Waals surface area contributed by atoms with Crippen molar-refractivity contribution < 1.29 is 27.2 Å². The second kappa shape index (κ2) is 7.02. The molecule has 0 spiro atoms. The lowest BCUT2D eigenvalue weighted by atomic mass is 10.0. The van der Waals surface area contributed by atoms with Gasteiger partial charge in [0.05, 0.1) is 11.3 Å². The van der Waals surface area contributed by atoms with Crippen LogP contribution in [0.25, 0.3) is 0 Å². The van der Waals surface area contributed by atoms with Crippen LogP contribution in [0.4, 0.5) is 23.2 Å². The summed E-state index contributed by atoms with van der Waals surface area (Å²) >= 11 is 0. The number of amides is 2. The first-order chi connectivity index (χ1) is 12.7. The molecule has 0 unspecified atom stereocenters. The molecule has 2 N–H and O–H groups in total. The Morgan fingerprint density at radius 2 is 1.59 bits per heavy atom. The van der Waals surface area contributed by atoms with E-state index in [9.17, 15) is 27.2 Å². The molecule has 1 fully saturated rings. The van der Waals surface area contributed by atoms with E-state index >= 15 is 0 Å². The van der Waals surface area contributed by atoms with Crippen molar-refractivity contribution in [2.45, 2.75) is 25.6 Å². The fraction of sp³-hybridized carbons (Fsp3) is 0.263. The highest BCUT2D eigenvalue weighted by atomic mass is 19.4. The zero-order valence-corrected chi connectivity index (χ0v) is 14.1. The predicted octanol–water partition coefficient (Wildman–Crippen LogP) is 3.88. The molecule has 142 valence electrons. The standard InChI is InChI=1S/C19H16F4N2O2/c20-14-7-3-1-5-12(14)11-24-16(26)18(9-10-18)17(27)25-15-8-4-2-6-13(15)19(21,22)23/h1-8H,9-11H2,(H,24,26)(H,25,27). The largest absolute Gasteiger partial charge is 0.418 e. The molecular formula is C19H16F4N2O2. The van der Waals surface area contributed by atoms with Gasteiger partial charge in [0.15, 0.2) is 0 Å². The lowest BCUT2D eigenvalue weighted by Crippen LogP contribution is -2.40. The maximum Gasteiger partial charge on any atom is 0.418 e. The molecule has 0 radical (unpaired) electrons. The van der Waals surface area contributed by atoms with E-state index in [0.29, 0.717) is 0 Å². The van der Waals surface area contributed by atoms with Gasteiger partial charge in [-0.3, -0.25) is 9.59 Å². The normalized spacial score (nSPS) is 15.1. The van der Waals surface area contributed by atoms with Gasteiger partial charge in [0, 0.05) is 12.1 Å². The van der Waals surface area contributed by atoms with Crippen LogP contribution in [0.15, 0.2) is 48.5 Å². The Kier molecular flexibility index (Phi) is 4.91. The van der Waals surface area contributed by atoms with E-state index in [1.165, 1.54) is 30.3 Å². The van der Waals surface area contributed by atoms with Crippen molar-refractivity contribution in [1.29, 1.82) is 0 Å². The highest BCUT2D eigenvalue weighted by Crippen LogP contribution is 2.47. The third-order valence-electron chi connectivity index (χ3n) is 4.50. The van der Waals surface area contributed by atoms with Crippen molar-refractivity contribution >= 4 is 17.5 Å². The molecule has 2 amide bonds. The number of para-hydroxylation sites is 1. The monoisotopic (exact) mass is 380 g/mol. The SMILES string of the molecule is O=C(NCc1ccccc1F)C1(C(=O)Nc2ccccc2C(F)(F)F)CC1. The number of halogens is 4. The van der Waals surface area contributed by atoms with Crippen LogP contribution in [0.5, 0.6) is 0 Å².